The van der Waals surface area contributed by atoms with Crippen LogP contribution in [-0.4, -0.2) is 38.8 Å². The molecule has 5 heteroatoms. The summed E-state index contributed by atoms with van der Waals surface area (Å²) < 4.78 is 2.04. The fourth-order valence-corrected chi connectivity index (χ4v) is 2.47. The standard InChI is InChI=1S/C13H21N3O2/c1-2-7-16-12(3-6-14-16)10-15-8-4-11(5-9-15)13(17)18/h3,6,11H,2,4-5,7-10H2,1H3,(H,17,18). The average Bonchev–Trinajstić information content (AvgIpc) is 2.78. The summed E-state index contributed by atoms with van der Waals surface area (Å²) in [7, 11) is 0. The molecule has 1 aromatic rings. The molecule has 18 heavy (non-hydrogen) atoms. The van der Waals surface area contributed by atoms with E-state index in [4.69, 9.17) is 5.11 Å². The van der Waals surface area contributed by atoms with Gasteiger partial charge in [0, 0.05) is 19.3 Å². The zero-order valence-corrected chi connectivity index (χ0v) is 10.9. The Kier molecular flexibility index (Phi) is 4.36. The van der Waals surface area contributed by atoms with Gasteiger partial charge in [0.1, 0.15) is 0 Å². The fourth-order valence-electron chi connectivity index (χ4n) is 2.47. The second-order valence-electron chi connectivity index (χ2n) is 4.93. The number of rotatable bonds is 5. The third-order valence-corrected chi connectivity index (χ3v) is 3.56. The summed E-state index contributed by atoms with van der Waals surface area (Å²) >= 11 is 0. The van der Waals surface area contributed by atoms with Crippen LogP contribution in [0, 0.1) is 5.92 Å². The maximum atomic E-state index is 10.9. The lowest BCUT2D eigenvalue weighted by atomic mass is 9.97. The van der Waals surface area contributed by atoms with Gasteiger partial charge in [0.05, 0.1) is 11.6 Å². The summed E-state index contributed by atoms with van der Waals surface area (Å²) in [6.45, 7) is 5.71. The predicted molar refractivity (Wildman–Crippen MR) is 68.2 cm³/mol. The van der Waals surface area contributed by atoms with Crippen LogP contribution in [0.25, 0.3) is 0 Å². The molecule has 100 valence electrons. The smallest absolute Gasteiger partial charge is 0.306 e. The lowest BCUT2D eigenvalue weighted by molar-refractivity contribution is -0.143. The molecule has 0 unspecified atom stereocenters. The van der Waals surface area contributed by atoms with Gasteiger partial charge in [0.25, 0.3) is 0 Å². The first-order valence-electron chi connectivity index (χ1n) is 6.66. The van der Waals surface area contributed by atoms with E-state index in [-0.39, 0.29) is 5.92 Å². The first-order valence-corrected chi connectivity index (χ1v) is 6.66. The molecule has 1 saturated heterocycles. The van der Waals surface area contributed by atoms with Gasteiger partial charge >= 0.3 is 5.97 Å². The zero-order chi connectivity index (χ0) is 13.0. The number of hydrogen-bond donors (Lipinski definition) is 1. The van der Waals surface area contributed by atoms with Crippen LogP contribution in [0.15, 0.2) is 12.3 Å². The highest BCUT2D eigenvalue weighted by atomic mass is 16.4. The van der Waals surface area contributed by atoms with E-state index in [2.05, 4.69) is 23.0 Å². The van der Waals surface area contributed by atoms with E-state index in [9.17, 15) is 4.79 Å². The monoisotopic (exact) mass is 251 g/mol. The number of aromatic nitrogens is 2. The highest BCUT2D eigenvalue weighted by Gasteiger charge is 2.24. The van der Waals surface area contributed by atoms with Gasteiger partial charge in [0.15, 0.2) is 0 Å². The normalized spacial score (nSPS) is 18.1. The van der Waals surface area contributed by atoms with Crippen LogP contribution in [0.4, 0.5) is 0 Å². The van der Waals surface area contributed by atoms with Crippen LogP contribution in [0.2, 0.25) is 0 Å². The summed E-state index contributed by atoms with van der Waals surface area (Å²) in [5.41, 5.74) is 1.23. The Morgan fingerprint density at radius 1 is 1.50 bits per heavy atom. The van der Waals surface area contributed by atoms with Crippen LogP contribution >= 0.6 is 0 Å². The minimum absolute atomic E-state index is 0.151. The molecule has 1 aromatic heterocycles. The van der Waals surface area contributed by atoms with Gasteiger partial charge in [-0.2, -0.15) is 5.10 Å². The number of piperidine rings is 1. The Bertz CT molecular complexity index is 395. The summed E-state index contributed by atoms with van der Waals surface area (Å²) in [6.07, 6.45) is 4.44. The quantitative estimate of drug-likeness (QED) is 0.863. The molecule has 1 fully saturated rings. The highest BCUT2D eigenvalue weighted by Crippen LogP contribution is 2.19. The van der Waals surface area contributed by atoms with Crippen molar-refractivity contribution < 1.29 is 9.90 Å². The number of carboxylic acids is 1. The Balaban J connectivity index is 1.87. The number of likely N-dealkylation sites (tertiary alicyclic amines) is 1. The molecule has 1 aliphatic heterocycles. The number of aliphatic carboxylic acids is 1. The van der Waals surface area contributed by atoms with Crippen LogP contribution in [0.5, 0.6) is 0 Å². The summed E-state index contributed by atoms with van der Waals surface area (Å²) in [6, 6.07) is 2.05. The maximum Gasteiger partial charge on any atom is 0.306 e. The first-order chi connectivity index (χ1) is 8.70. The molecule has 0 saturated carbocycles. The van der Waals surface area contributed by atoms with E-state index in [0.717, 1.165) is 45.4 Å². The molecule has 0 aliphatic carbocycles. The van der Waals surface area contributed by atoms with Crippen LogP contribution in [0.1, 0.15) is 31.9 Å². The van der Waals surface area contributed by atoms with Crippen molar-refractivity contribution in [1.29, 1.82) is 0 Å². The average molecular weight is 251 g/mol. The van der Waals surface area contributed by atoms with Gasteiger partial charge < -0.3 is 5.11 Å². The number of carbonyl (C=O) groups is 1. The summed E-state index contributed by atoms with van der Waals surface area (Å²) in [5, 5.41) is 13.3. The van der Waals surface area contributed by atoms with Crippen molar-refractivity contribution in [1.82, 2.24) is 14.7 Å². The van der Waals surface area contributed by atoms with Crippen LogP contribution in [0.3, 0.4) is 0 Å². The SMILES string of the molecule is CCCn1nccc1CN1CCC(C(=O)O)CC1. The lowest BCUT2D eigenvalue weighted by Crippen LogP contribution is -2.36. The van der Waals surface area contributed by atoms with Gasteiger partial charge in [-0.15, -0.1) is 0 Å². The van der Waals surface area contributed by atoms with E-state index < -0.39 is 5.97 Å². The summed E-state index contributed by atoms with van der Waals surface area (Å²) in [5.74, 6) is -0.799. The fraction of sp³-hybridized carbons (Fsp3) is 0.692. The van der Waals surface area contributed by atoms with E-state index in [1.807, 2.05) is 10.9 Å². The molecule has 0 atom stereocenters. The minimum atomic E-state index is -0.648. The number of nitrogens with zero attached hydrogens (tertiary/aromatic N) is 3. The van der Waals surface area contributed by atoms with Crippen molar-refractivity contribution in [3.05, 3.63) is 18.0 Å². The number of carboxylic acid groups (broad SMARTS) is 1. The molecule has 0 aromatic carbocycles. The van der Waals surface area contributed by atoms with Crippen molar-refractivity contribution in [3.8, 4) is 0 Å². The second-order valence-corrected chi connectivity index (χ2v) is 4.93. The largest absolute Gasteiger partial charge is 0.481 e. The van der Waals surface area contributed by atoms with E-state index in [0.29, 0.717) is 0 Å². The minimum Gasteiger partial charge on any atom is -0.481 e. The third-order valence-electron chi connectivity index (χ3n) is 3.56. The number of hydrogen-bond acceptors (Lipinski definition) is 3. The van der Waals surface area contributed by atoms with E-state index in [1.165, 1.54) is 5.69 Å². The van der Waals surface area contributed by atoms with E-state index in [1.54, 1.807) is 0 Å². The molecule has 2 rings (SSSR count). The molecular formula is C13H21N3O2. The lowest BCUT2D eigenvalue weighted by Gasteiger charge is -2.29. The van der Waals surface area contributed by atoms with Crippen molar-refractivity contribution in [2.24, 2.45) is 5.92 Å². The van der Waals surface area contributed by atoms with Gasteiger partial charge in [-0.25, -0.2) is 0 Å². The summed E-state index contributed by atoms with van der Waals surface area (Å²) in [4.78, 5) is 13.2. The molecule has 0 bridgehead atoms. The van der Waals surface area contributed by atoms with Crippen molar-refractivity contribution >= 4 is 5.97 Å². The van der Waals surface area contributed by atoms with Gasteiger partial charge in [-0.1, -0.05) is 6.92 Å². The maximum absolute atomic E-state index is 10.9. The Hall–Kier alpha value is -1.36. The van der Waals surface area contributed by atoms with Crippen LogP contribution in [-0.2, 0) is 17.9 Å². The molecule has 1 N–H and O–H groups in total. The molecule has 0 spiro atoms. The molecule has 1 aliphatic rings. The van der Waals surface area contributed by atoms with Gasteiger partial charge in [-0.3, -0.25) is 14.4 Å². The molecule has 2 heterocycles. The number of aryl methyl sites for hydroxylation is 1. The van der Waals surface area contributed by atoms with Gasteiger partial charge in [-0.05, 0) is 38.4 Å². The second kappa shape index (κ2) is 6.00. The molecule has 5 nitrogen and oxygen atoms in total. The third kappa shape index (κ3) is 3.10. The molecular weight excluding hydrogens is 230 g/mol. The zero-order valence-electron chi connectivity index (χ0n) is 10.9. The molecule has 0 amide bonds. The molecule has 0 radical (unpaired) electrons. The topological polar surface area (TPSA) is 58.4 Å². The Morgan fingerprint density at radius 3 is 2.83 bits per heavy atom. The first kappa shape index (κ1) is 13.1. The van der Waals surface area contributed by atoms with E-state index >= 15 is 0 Å². The Morgan fingerprint density at radius 2 is 2.22 bits per heavy atom. The predicted octanol–water partition coefficient (Wildman–Crippen LogP) is 1.59. The van der Waals surface area contributed by atoms with Gasteiger partial charge in [0.2, 0.25) is 0 Å². The van der Waals surface area contributed by atoms with Crippen molar-refractivity contribution in [3.63, 3.8) is 0 Å². The highest BCUT2D eigenvalue weighted by molar-refractivity contribution is 5.70. The van der Waals surface area contributed by atoms with Crippen molar-refractivity contribution in [2.75, 3.05) is 13.1 Å². The Labute approximate surface area is 107 Å². The van der Waals surface area contributed by atoms with Crippen molar-refractivity contribution in [2.45, 2.75) is 39.3 Å². The van der Waals surface area contributed by atoms with Crippen LogP contribution < -0.4 is 0 Å².